The summed E-state index contributed by atoms with van der Waals surface area (Å²) in [4.78, 5) is 30.2. The number of esters is 1. The molecule has 3 aromatic rings. The van der Waals surface area contributed by atoms with Crippen molar-refractivity contribution >= 4 is 33.4 Å². The molecule has 0 saturated carbocycles. The Morgan fingerprint density at radius 3 is 2.61 bits per heavy atom. The number of carbonyl (C=O) groups excluding carboxylic acids is 2. The summed E-state index contributed by atoms with van der Waals surface area (Å²) in [5.41, 5.74) is 4.02. The molecule has 2 aromatic carbocycles. The van der Waals surface area contributed by atoms with Crippen molar-refractivity contribution in [2.24, 2.45) is 4.99 Å². The number of thiazole rings is 1. The van der Waals surface area contributed by atoms with Crippen molar-refractivity contribution in [1.82, 2.24) is 4.57 Å². The standard InChI is InChI=1S/C25H26N2O5S/c1-2-30-23(28)9-10-27-19-14-20-21(32-12-11-31-20)15-22(19)33-25(27)26-24(29)18-8-7-16-5-3-4-6-17(16)13-18/h7-8,13-15H,2-6,9-12H2,1H3. The van der Waals surface area contributed by atoms with Gasteiger partial charge in [0.05, 0.1) is 23.2 Å². The molecule has 0 N–H and O–H groups in total. The Balaban J connectivity index is 1.55. The van der Waals surface area contributed by atoms with Gasteiger partial charge < -0.3 is 18.8 Å². The van der Waals surface area contributed by atoms with E-state index in [1.165, 1.54) is 28.9 Å². The molecule has 2 aliphatic rings. The molecule has 7 nitrogen and oxygen atoms in total. The van der Waals surface area contributed by atoms with E-state index in [-0.39, 0.29) is 18.3 Å². The van der Waals surface area contributed by atoms with E-state index < -0.39 is 0 Å². The highest BCUT2D eigenvalue weighted by molar-refractivity contribution is 7.16. The van der Waals surface area contributed by atoms with E-state index in [0.717, 1.165) is 29.5 Å². The lowest BCUT2D eigenvalue weighted by atomic mass is 9.90. The maximum Gasteiger partial charge on any atom is 0.307 e. The molecule has 5 rings (SSSR count). The maximum atomic E-state index is 13.1. The highest BCUT2D eigenvalue weighted by Crippen LogP contribution is 2.35. The first-order valence-corrected chi connectivity index (χ1v) is 12.2. The zero-order valence-corrected chi connectivity index (χ0v) is 19.4. The normalized spacial score (nSPS) is 15.4. The van der Waals surface area contributed by atoms with Crippen molar-refractivity contribution in [3.8, 4) is 11.5 Å². The molecule has 2 heterocycles. The number of carbonyl (C=O) groups is 2. The topological polar surface area (TPSA) is 79.1 Å². The highest BCUT2D eigenvalue weighted by Gasteiger charge is 2.18. The fourth-order valence-electron chi connectivity index (χ4n) is 4.36. The summed E-state index contributed by atoms with van der Waals surface area (Å²) in [6.45, 7) is 3.46. The van der Waals surface area contributed by atoms with Crippen LogP contribution in [0.2, 0.25) is 0 Å². The number of hydrogen-bond acceptors (Lipinski definition) is 6. The first-order valence-electron chi connectivity index (χ1n) is 11.4. The predicted molar refractivity (Wildman–Crippen MR) is 125 cm³/mol. The number of rotatable bonds is 5. The zero-order chi connectivity index (χ0) is 22.8. The van der Waals surface area contributed by atoms with Crippen LogP contribution in [0.3, 0.4) is 0 Å². The quantitative estimate of drug-likeness (QED) is 0.530. The Labute approximate surface area is 195 Å². The minimum Gasteiger partial charge on any atom is -0.486 e. The van der Waals surface area contributed by atoms with E-state index in [1.54, 1.807) is 6.92 Å². The second-order valence-electron chi connectivity index (χ2n) is 8.16. The third kappa shape index (κ3) is 4.53. The van der Waals surface area contributed by atoms with Gasteiger partial charge in [0.1, 0.15) is 13.2 Å². The molecule has 33 heavy (non-hydrogen) atoms. The van der Waals surface area contributed by atoms with Gasteiger partial charge in [0, 0.05) is 24.2 Å². The number of nitrogens with zero attached hydrogens (tertiary/aromatic N) is 2. The second-order valence-corrected chi connectivity index (χ2v) is 9.17. The van der Waals surface area contributed by atoms with Crippen molar-refractivity contribution in [3.63, 3.8) is 0 Å². The number of hydrogen-bond donors (Lipinski definition) is 0. The van der Waals surface area contributed by atoms with E-state index >= 15 is 0 Å². The van der Waals surface area contributed by atoms with Gasteiger partial charge in [0.2, 0.25) is 0 Å². The van der Waals surface area contributed by atoms with Gasteiger partial charge in [-0.3, -0.25) is 9.59 Å². The summed E-state index contributed by atoms with van der Waals surface area (Å²) in [5.74, 6) is 0.773. The molecule has 0 saturated heterocycles. The van der Waals surface area contributed by atoms with Gasteiger partial charge in [0.25, 0.3) is 5.91 Å². The van der Waals surface area contributed by atoms with Crippen LogP contribution in [-0.2, 0) is 28.9 Å². The number of benzene rings is 2. The molecular weight excluding hydrogens is 440 g/mol. The summed E-state index contributed by atoms with van der Waals surface area (Å²) in [6.07, 6.45) is 4.61. The zero-order valence-electron chi connectivity index (χ0n) is 18.6. The number of aromatic nitrogens is 1. The Morgan fingerprint density at radius 2 is 1.82 bits per heavy atom. The van der Waals surface area contributed by atoms with Crippen molar-refractivity contribution in [2.75, 3.05) is 19.8 Å². The Hall–Kier alpha value is -3.13. The van der Waals surface area contributed by atoms with E-state index in [4.69, 9.17) is 14.2 Å². The van der Waals surface area contributed by atoms with Crippen LogP contribution in [0.5, 0.6) is 11.5 Å². The highest BCUT2D eigenvalue weighted by atomic mass is 32.1. The van der Waals surface area contributed by atoms with Gasteiger partial charge in [-0.2, -0.15) is 4.99 Å². The van der Waals surface area contributed by atoms with E-state index in [2.05, 4.69) is 11.1 Å². The molecule has 0 fully saturated rings. The molecule has 1 amide bonds. The molecular formula is C25H26N2O5S. The number of amides is 1. The fourth-order valence-corrected chi connectivity index (χ4v) is 5.43. The third-order valence-electron chi connectivity index (χ3n) is 5.98. The first-order chi connectivity index (χ1) is 16.1. The number of aryl methyl sites for hydroxylation is 3. The monoisotopic (exact) mass is 466 g/mol. The lowest BCUT2D eigenvalue weighted by Crippen LogP contribution is -2.20. The summed E-state index contributed by atoms with van der Waals surface area (Å²) >= 11 is 1.40. The molecule has 0 atom stereocenters. The predicted octanol–water partition coefficient (Wildman–Crippen LogP) is 4.05. The molecule has 1 aromatic heterocycles. The van der Waals surface area contributed by atoms with E-state index in [9.17, 15) is 9.59 Å². The molecule has 0 spiro atoms. The van der Waals surface area contributed by atoms with Crippen molar-refractivity contribution < 1.29 is 23.8 Å². The second kappa shape index (κ2) is 9.39. The molecule has 1 aliphatic heterocycles. The Morgan fingerprint density at radius 1 is 1.06 bits per heavy atom. The summed E-state index contributed by atoms with van der Waals surface area (Å²) in [6, 6.07) is 9.72. The average Bonchev–Trinajstić information content (AvgIpc) is 3.16. The van der Waals surface area contributed by atoms with Crippen molar-refractivity contribution in [1.29, 1.82) is 0 Å². The largest absolute Gasteiger partial charge is 0.486 e. The lowest BCUT2D eigenvalue weighted by molar-refractivity contribution is -0.143. The minimum absolute atomic E-state index is 0.189. The smallest absolute Gasteiger partial charge is 0.307 e. The lowest BCUT2D eigenvalue weighted by Gasteiger charge is -2.18. The molecule has 0 unspecified atom stereocenters. The SMILES string of the molecule is CCOC(=O)CCn1c(=NC(=O)c2ccc3c(c2)CCCC3)sc2cc3c(cc21)OCCO3. The molecule has 0 radical (unpaired) electrons. The van der Waals surface area contributed by atoms with E-state index in [0.29, 0.717) is 48.2 Å². The van der Waals surface area contributed by atoms with Gasteiger partial charge in [-0.15, -0.1) is 0 Å². The van der Waals surface area contributed by atoms with Crippen LogP contribution in [0.1, 0.15) is 47.7 Å². The van der Waals surface area contributed by atoms with Gasteiger partial charge in [0.15, 0.2) is 16.3 Å². The van der Waals surface area contributed by atoms with Crippen LogP contribution in [0, 0.1) is 0 Å². The third-order valence-corrected chi connectivity index (χ3v) is 7.03. The van der Waals surface area contributed by atoms with Gasteiger partial charge in [-0.25, -0.2) is 0 Å². The average molecular weight is 467 g/mol. The fraction of sp³-hybridized carbons (Fsp3) is 0.400. The van der Waals surface area contributed by atoms with Gasteiger partial charge in [-0.1, -0.05) is 17.4 Å². The molecule has 1 aliphatic carbocycles. The molecule has 0 bridgehead atoms. The van der Waals surface area contributed by atoms with Crippen LogP contribution in [0.15, 0.2) is 35.3 Å². The van der Waals surface area contributed by atoms with Gasteiger partial charge >= 0.3 is 5.97 Å². The summed E-state index contributed by atoms with van der Waals surface area (Å²) < 4.78 is 19.4. The van der Waals surface area contributed by atoms with Crippen molar-refractivity contribution in [2.45, 2.75) is 45.6 Å². The summed E-state index contributed by atoms with van der Waals surface area (Å²) in [5, 5.41) is 0. The molecule has 8 heteroatoms. The Bertz CT molecular complexity index is 1290. The van der Waals surface area contributed by atoms with Crippen molar-refractivity contribution in [3.05, 3.63) is 51.8 Å². The minimum atomic E-state index is -0.283. The van der Waals surface area contributed by atoms with Crippen LogP contribution >= 0.6 is 11.3 Å². The van der Waals surface area contributed by atoms with Crippen LogP contribution < -0.4 is 14.3 Å². The molecule has 172 valence electrons. The number of fused-ring (bicyclic) bond motifs is 3. The first kappa shape index (κ1) is 21.7. The van der Waals surface area contributed by atoms with Crippen LogP contribution in [0.25, 0.3) is 10.2 Å². The van der Waals surface area contributed by atoms with E-state index in [1.807, 2.05) is 28.8 Å². The Kier molecular flexibility index (Phi) is 6.17. The van der Waals surface area contributed by atoms with Crippen LogP contribution in [0.4, 0.5) is 0 Å². The maximum absolute atomic E-state index is 13.1. The van der Waals surface area contributed by atoms with Gasteiger partial charge in [-0.05, 0) is 55.9 Å². The van der Waals surface area contributed by atoms with Crippen LogP contribution in [-0.4, -0.2) is 36.3 Å². The number of ether oxygens (including phenoxy) is 3. The summed E-state index contributed by atoms with van der Waals surface area (Å²) in [7, 11) is 0.